The van der Waals surface area contributed by atoms with Crippen molar-refractivity contribution in [1.29, 1.82) is 5.26 Å². The topological polar surface area (TPSA) is 57.1 Å². The van der Waals surface area contributed by atoms with Crippen LogP contribution in [0.4, 0.5) is 5.69 Å². The minimum Gasteiger partial charge on any atom is -0.495 e. The molecule has 0 aliphatic rings. The fraction of sp³-hybridized carbons (Fsp3) is 0.200. The fourth-order valence-corrected chi connectivity index (χ4v) is 1.16. The molecule has 78 valence electrons. The monoisotopic (exact) mass is 221 g/mol. The van der Waals surface area contributed by atoms with Gasteiger partial charge in [-0.2, -0.15) is 5.26 Å². The van der Waals surface area contributed by atoms with Crippen LogP contribution < -0.4 is 15.4 Å². The number of rotatable bonds is 2. The molecule has 0 radical (unpaired) electrons. The molecule has 1 rings (SSSR count). The lowest BCUT2D eigenvalue weighted by Gasteiger charge is -2.11. The molecular formula is C10H11N3OS. The highest BCUT2D eigenvalue weighted by molar-refractivity contribution is 7.80. The maximum absolute atomic E-state index is 8.71. The van der Waals surface area contributed by atoms with E-state index in [9.17, 15) is 0 Å². The molecule has 1 aromatic carbocycles. The minimum atomic E-state index is 0.498. The lowest BCUT2D eigenvalue weighted by Crippen LogP contribution is -2.24. The van der Waals surface area contributed by atoms with Gasteiger partial charge >= 0.3 is 0 Å². The summed E-state index contributed by atoms with van der Waals surface area (Å²) < 4.78 is 5.13. The highest BCUT2D eigenvalue weighted by Crippen LogP contribution is 2.25. The van der Waals surface area contributed by atoms with Gasteiger partial charge in [-0.05, 0) is 24.4 Å². The highest BCUT2D eigenvalue weighted by atomic mass is 32.1. The lowest BCUT2D eigenvalue weighted by atomic mass is 10.2. The van der Waals surface area contributed by atoms with Gasteiger partial charge in [-0.1, -0.05) is 0 Å². The van der Waals surface area contributed by atoms with Crippen molar-refractivity contribution in [2.75, 3.05) is 19.5 Å². The Hall–Kier alpha value is -1.80. The maximum atomic E-state index is 8.71. The van der Waals surface area contributed by atoms with Crippen LogP contribution in [0.2, 0.25) is 0 Å². The summed E-state index contributed by atoms with van der Waals surface area (Å²) in [7, 11) is 3.27. The van der Waals surface area contributed by atoms with E-state index in [2.05, 4.69) is 10.6 Å². The SMILES string of the molecule is CNC(=S)Nc1ccc(C#N)cc1OC. The Morgan fingerprint density at radius 1 is 1.53 bits per heavy atom. The number of anilines is 1. The second-order valence-electron chi connectivity index (χ2n) is 2.73. The van der Waals surface area contributed by atoms with E-state index in [0.29, 0.717) is 16.4 Å². The van der Waals surface area contributed by atoms with Crippen molar-refractivity contribution in [3.05, 3.63) is 23.8 Å². The van der Waals surface area contributed by atoms with Crippen LogP contribution in [0, 0.1) is 11.3 Å². The molecule has 0 aliphatic heterocycles. The first kappa shape index (κ1) is 11.3. The Morgan fingerprint density at radius 3 is 2.80 bits per heavy atom. The molecule has 4 nitrogen and oxygen atoms in total. The molecule has 0 fully saturated rings. The van der Waals surface area contributed by atoms with Gasteiger partial charge in [0.05, 0.1) is 24.4 Å². The van der Waals surface area contributed by atoms with E-state index in [1.54, 1.807) is 32.4 Å². The summed E-state index contributed by atoms with van der Waals surface area (Å²) in [6, 6.07) is 7.14. The first-order valence-electron chi connectivity index (χ1n) is 4.28. The minimum absolute atomic E-state index is 0.498. The fourth-order valence-electron chi connectivity index (χ4n) is 1.05. The predicted octanol–water partition coefficient (Wildman–Crippen LogP) is 1.48. The Labute approximate surface area is 93.9 Å². The quantitative estimate of drug-likeness (QED) is 0.741. The zero-order valence-electron chi connectivity index (χ0n) is 8.50. The van der Waals surface area contributed by atoms with Crippen LogP contribution in [-0.4, -0.2) is 19.3 Å². The third-order valence-electron chi connectivity index (χ3n) is 1.81. The molecule has 15 heavy (non-hydrogen) atoms. The molecule has 0 saturated heterocycles. The number of nitrogens with zero attached hydrogens (tertiary/aromatic N) is 1. The molecule has 1 aromatic rings. The molecule has 0 aromatic heterocycles. The zero-order chi connectivity index (χ0) is 11.3. The number of hydrogen-bond acceptors (Lipinski definition) is 3. The molecule has 5 heteroatoms. The van der Waals surface area contributed by atoms with E-state index in [1.165, 1.54) is 0 Å². The van der Waals surface area contributed by atoms with Crippen LogP contribution in [0.15, 0.2) is 18.2 Å². The van der Waals surface area contributed by atoms with Gasteiger partial charge in [-0.3, -0.25) is 0 Å². The summed E-state index contributed by atoms with van der Waals surface area (Å²) in [4.78, 5) is 0. The number of nitriles is 1. The van der Waals surface area contributed by atoms with Crippen molar-refractivity contribution >= 4 is 23.0 Å². The molecule has 0 bridgehead atoms. The van der Waals surface area contributed by atoms with Crippen LogP contribution in [0.1, 0.15) is 5.56 Å². The van der Waals surface area contributed by atoms with E-state index in [1.807, 2.05) is 6.07 Å². The summed E-state index contributed by atoms with van der Waals surface area (Å²) in [6.07, 6.45) is 0. The number of nitrogens with one attached hydrogen (secondary N) is 2. The summed E-state index contributed by atoms with van der Waals surface area (Å²) in [6.45, 7) is 0. The molecule has 2 N–H and O–H groups in total. The number of benzene rings is 1. The van der Waals surface area contributed by atoms with Gasteiger partial charge in [0.15, 0.2) is 5.11 Å². The Bertz CT molecular complexity index is 412. The maximum Gasteiger partial charge on any atom is 0.170 e. The van der Waals surface area contributed by atoms with Crippen LogP contribution in [-0.2, 0) is 0 Å². The van der Waals surface area contributed by atoms with Gasteiger partial charge in [0.25, 0.3) is 0 Å². The Balaban J connectivity index is 2.98. The second-order valence-corrected chi connectivity index (χ2v) is 3.14. The van der Waals surface area contributed by atoms with Crippen molar-refractivity contribution in [2.45, 2.75) is 0 Å². The van der Waals surface area contributed by atoms with Crippen molar-refractivity contribution in [3.63, 3.8) is 0 Å². The first-order chi connectivity index (χ1) is 7.21. The first-order valence-corrected chi connectivity index (χ1v) is 4.69. The summed E-state index contributed by atoms with van der Waals surface area (Å²) in [5, 5.41) is 15.0. The molecule has 0 amide bonds. The summed E-state index contributed by atoms with van der Waals surface area (Å²) in [5.74, 6) is 0.589. The van der Waals surface area contributed by atoms with E-state index in [-0.39, 0.29) is 0 Å². The second kappa shape index (κ2) is 5.17. The van der Waals surface area contributed by atoms with Gasteiger partial charge in [0, 0.05) is 13.1 Å². The van der Waals surface area contributed by atoms with Crippen LogP contribution in [0.25, 0.3) is 0 Å². The summed E-state index contributed by atoms with van der Waals surface area (Å²) in [5.41, 5.74) is 1.28. The molecule has 0 saturated carbocycles. The molecule has 0 aliphatic carbocycles. The Morgan fingerprint density at radius 2 is 2.27 bits per heavy atom. The van der Waals surface area contributed by atoms with Crippen molar-refractivity contribution in [2.24, 2.45) is 0 Å². The van der Waals surface area contributed by atoms with Crippen LogP contribution >= 0.6 is 12.2 Å². The largest absolute Gasteiger partial charge is 0.495 e. The predicted molar refractivity (Wildman–Crippen MR) is 63.0 cm³/mol. The van der Waals surface area contributed by atoms with Crippen molar-refractivity contribution < 1.29 is 4.74 Å². The normalized spacial score (nSPS) is 8.87. The lowest BCUT2D eigenvalue weighted by molar-refractivity contribution is 0.417. The van der Waals surface area contributed by atoms with Gasteiger partial charge in [-0.15, -0.1) is 0 Å². The summed E-state index contributed by atoms with van der Waals surface area (Å²) >= 11 is 4.96. The number of thiocarbonyl (C=S) groups is 1. The average molecular weight is 221 g/mol. The van der Waals surface area contributed by atoms with Crippen LogP contribution in [0.5, 0.6) is 5.75 Å². The number of hydrogen-bond donors (Lipinski definition) is 2. The number of methoxy groups -OCH3 is 1. The van der Waals surface area contributed by atoms with Crippen LogP contribution in [0.3, 0.4) is 0 Å². The third kappa shape index (κ3) is 2.82. The third-order valence-corrected chi connectivity index (χ3v) is 2.11. The Kier molecular flexibility index (Phi) is 3.89. The molecule has 0 unspecified atom stereocenters. The van der Waals surface area contributed by atoms with Crippen molar-refractivity contribution in [1.82, 2.24) is 5.32 Å². The standard InChI is InChI=1S/C10H11N3OS/c1-12-10(15)13-8-4-3-7(6-11)5-9(8)14-2/h3-5H,1-2H3,(H2,12,13,15). The van der Waals surface area contributed by atoms with Gasteiger partial charge in [0.1, 0.15) is 5.75 Å². The average Bonchev–Trinajstić information content (AvgIpc) is 2.29. The smallest absolute Gasteiger partial charge is 0.170 e. The van der Waals surface area contributed by atoms with Gasteiger partial charge < -0.3 is 15.4 Å². The van der Waals surface area contributed by atoms with E-state index in [0.717, 1.165) is 5.69 Å². The van der Waals surface area contributed by atoms with Crippen molar-refractivity contribution in [3.8, 4) is 11.8 Å². The van der Waals surface area contributed by atoms with E-state index in [4.69, 9.17) is 22.2 Å². The molecule has 0 spiro atoms. The highest BCUT2D eigenvalue weighted by Gasteiger charge is 2.04. The van der Waals surface area contributed by atoms with Gasteiger partial charge in [0.2, 0.25) is 0 Å². The van der Waals surface area contributed by atoms with E-state index >= 15 is 0 Å². The molecule has 0 heterocycles. The zero-order valence-corrected chi connectivity index (χ0v) is 9.31. The van der Waals surface area contributed by atoms with Gasteiger partial charge in [-0.25, -0.2) is 0 Å². The number of ether oxygens (including phenoxy) is 1. The molecule has 0 atom stereocenters. The van der Waals surface area contributed by atoms with E-state index < -0.39 is 0 Å². The molecular weight excluding hydrogens is 210 g/mol.